The van der Waals surface area contributed by atoms with Crippen molar-refractivity contribution in [3.8, 4) is 0 Å². The largest absolute Gasteiger partial charge is 0.337 e. The van der Waals surface area contributed by atoms with Crippen LogP contribution in [0.4, 0.5) is 0 Å². The van der Waals surface area contributed by atoms with E-state index < -0.39 is 0 Å². The van der Waals surface area contributed by atoms with E-state index in [2.05, 4.69) is 0 Å². The van der Waals surface area contributed by atoms with Crippen molar-refractivity contribution in [2.45, 2.75) is 12.5 Å². The fourth-order valence-electron chi connectivity index (χ4n) is 1.58. The van der Waals surface area contributed by atoms with Gasteiger partial charge >= 0.3 is 0 Å². The maximum atomic E-state index is 11.8. The Hall–Kier alpha value is -0.580. The standard InChI is InChI=1S/C9H11ClN2OS/c10-8-3-6(5-14-8)9(13)12-2-1-7(11)4-12/h3,5,7H,1-2,4,11H2/t7-/m1/s1. The molecule has 0 saturated carbocycles. The van der Waals surface area contributed by atoms with Gasteiger partial charge in [-0.15, -0.1) is 11.3 Å². The Labute approximate surface area is 91.5 Å². The number of rotatable bonds is 1. The van der Waals surface area contributed by atoms with Gasteiger partial charge in [0.15, 0.2) is 0 Å². The highest BCUT2D eigenvalue weighted by molar-refractivity contribution is 7.14. The third-order valence-corrected chi connectivity index (χ3v) is 3.42. The Bertz CT molecular complexity index is 352. The van der Waals surface area contributed by atoms with E-state index in [1.54, 1.807) is 16.3 Å². The summed E-state index contributed by atoms with van der Waals surface area (Å²) in [5.41, 5.74) is 6.40. The van der Waals surface area contributed by atoms with Crippen molar-refractivity contribution in [3.05, 3.63) is 21.3 Å². The molecule has 76 valence electrons. The van der Waals surface area contributed by atoms with Gasteiger partial charge in [0, 0.05) is 24.5 Å². The average molecular weight is 231 g/mol. The van der Waals surface area contributed by atoms with Gasteiger partial charge in [-0.3, -0.25) is 4.79 Å². The molecular weight excluding hydrogens is 220 g/mol. The number of likely N-dealkylation sites (tertiary alicyclic amines) is 1. The Morgan fingerprint density at radius 3 is 3.00 bits per heavy atom. The van der Waals surface area contributed by atoms with Gasteiger partial charge < -0.3 is 10.6 Å². The molecule has 0 bridgehead atoms. The van der Waals surface area contributed by atoms with E-state index in [1.165, 1.54) is 11.3 Å². The van der Waals surface area contributed by atoms with Gasteiger partial charge in [0.25, 0.3) is 5.91 Å². The summed E-state index contributed by atoms with van der Waals surface area (Å²) in [7, 11) is 0. The molecule has 1 aromatic heterocycles. The van der Waals surface area contributed by atoms with E-state index in [0.29, 0.717) is 16.4 Å². The van der Waals surface area contributed by atoms with Crippen molar-refractivity contribution in [2.75, 3.05) is 13.1 Å². The van der Waals surface area contributed by atoms with Crippen molar-refractivity contribution in [3.63, 3.8) is 0 Å². The number of halogens is 1. The Morgan fingerprint density at radius 1 is 1.71 bits per heavy atom. The smallest absolute Gasteiger partial charge is 0.254 e. The number of hydrogen-bond acceptors (Lipinski definition) is 3. The SMILES string of the molecule is N[C@@H]1CCN(C(=O)c2csc(Cl)c2)C1. The summed E-state index contributed by atoms with van der Waals surface area (Å²) in [6, 6.07) is 1.84. The predicted molar refractivity (Wildman–Crippen MR) is 57.8 cm³/mol. The summed E-state index contributed by atoms with van der Waals surface area (Å²) in [6.45, 7) is 1.42. The molecule has 0 aliphatic carbocycles. The van der Waals surface area contributed by atoms with E-state index in [1.807, 2.05) is 0 Å². The summed E-state index contributed by atoms with van der Waals surface area (Å²) in [4.78, 5) is 13.6. The molecule has 1 amide bonds. The van der Waals surface area contributed by atoms with E-state index >= 15 is 0 Å². The van der Waals surface area contributed by atoms with E-state index in [-0.39, 0.29) is 11.9 Å². The van der Waals surface area contributed by atoms with Gasteiger partial charge in [0.2, 0.25) is 0 Å². The lowest BCUT2D eigenvalue weighted by molar-refractivity contribution is 0.0791. The number of hydrogen-bond donors (Lipinski definition) is 1. The molecule has 2 heterocycles. The summed E-state index contributed by atoms with van der Waals surface area (Å²) in [5, 5.41) is 1.79. The van der Waals surface area contributed by atoms with Gasteiger partial charge in [-0.2, -0.15) is 0 Å². The van der Waals surface area contributed by atoms with Crippen LogP contribution in [0.25, 0.3) is 0 Å². The zero-order valence-electron chi connectivity index (χ0n) is 7.57. The molecule has 0 unspecified atom stereocenters. The first-order valence-electron chi connectivity index (χ1n) is 4.45. The van der Waals surface area contributed by atoms with Gasteiger partial charge in [-0.25, -0.2) is 0 Å². The summed E-state index contributed by atoms with van der Waals surface area (Å²) in [6.07, 6.45) is 0.892. The van der Waals surface area contributed by atoms with Crippen molar-refractivity contribution in [2.24, 2.45) is 5.73 Å². The Balaban J connectivity index is 2.09. The first kappa shape index (κ1) is 9.96. The normalized spacial score (nSPS) is 21.6. The highest BCUT2D eigenvalue weighted by Crippen LogP contribution is 2.22. The first-order valence-corrected chi connectivity index (χ1v) is 5.71. The van der Waals surface area contributed by atoms with Crippen LogP contribution in [0.3, 0.4) is 0 Å². The van der Waals surface area contributed by atoms with E-state index in [0.717, 1.165) is 13.0 Å². The number of nitrogens with zero attached hydrogens (tertiary/aromatic N) is 1. The number of carbonyl (C=O) groups is 1. The Morgan fingerprint density at radius 2 is 2.50 bits per heavy atom. The third kappa shape index (κ3) is 1.92. The van der Waals surface area contributed by atoms with Crippen LogP contribution >= 0.6 is 22.9 Å². The number of thiophene rings is 1. The molecule has 1 saturated heterocycles. The molecule has 1 aromatic rings. The summed E-state index contributed by atoms with van der Waals surface area (Å²) >= 11 is 7.14. The maximum absolute atomic E-state index is 11.8. The van der Waals surface area contributed by atoms with Crippen LogP contribution in [0.5, 0.6) is 0 Å². The molecule has 3 nitrogen and oxygen atoms in total. The van der Waals surface area contributed by atoms with E-state index in [9.17, 15) is 4.79 Å². The number of nitrogens with two attached hydrogens (primary N) is 1. The molecule has 14 heavy (non-hydrogen) atoms. The summed E-state index contributed by atoms with van der Waals surface area (Å²) < 4.78 is 0.650. The van der Waals surface area contributed by atoms with Gasteiger partial charge in [0.1, 0.15) is 0 Å². The lowest BCUT2D eigenvalue weighted by Crippen LogP contribution is -2.31. The monoisotopic (exact) mass is 230 g/mol. The zero-order chi connectivity index (χ0) is 10.1. The fourth-order valence-corrected chi connectivity index (χ4v) is 2.43. The minimum absolute atomic E-state index is 0.0427. The second-order valence-electron chi connectivity index (χ2n) is 3.44. The second-order valence-corrected chi connectivity index (χ2v) is 4.98. The van der Waals surface area contributed by atoms with Crippen LogP contribution in [-0.4, -0.2) is 29.9 Å². The lowest BCUT2D eigenvalue weighted by Gasteiger charge is -2.14. The molecule has 5 heteroatoms. The highest BCUT2D eigenvalue weighted by atomic mass is 35.5. The van der Waals surface area contributed by atoms with Crippen molar-refractivity contribution >= 4 is 28.8 Å². The fraction of sp³-hybridized carbons (Fsp3) is 0.444. The summed E-state index contributed by atoms with van der Waals surface area (Å²) in [5.74, 6) is 0.0427. The quantitative estimate of drug-likeness (QED) is 0.796. The minimum Gasteiger partial charge on any atom is -0.337 e. The van der Waals surface area contributed by atoms with Gasteiger partial charge in [-0.05, 0) is 12.5 Å². The molecule has 2 rings (SSSR count). The molecule has 2 N–H and O–H groups in total. The highest BCUT2D eigenvalue weighted by Gasteiger charge is 2.24. The third-order valence-electron chi connectivity index (χ3n) is 2.33. The Kier molecular flexibility index (Phi) is 2.76. The number of amides is 1. The lowest BCUT2D eigenvalue weighted by atomic mass is 10.3. The maximum Gasteiger partial charge on any atom is 0.254 e. The van der Waals surface area contributed by atoms with Crippen LogP contribution in [0.15, 0.2) is 11.4 Å². The molecule has 0 aromatic carbocycles. The molecule has 1 atom stereocenters. The van der Waals surface area contributed by atoms with Crippen molar-refractivity contribution in [1.29, 1.82) is 0 Å². The number of carbonyl (C=O) groups excluding carboxylic acids is 1. The van der Waals surface area contributed by atoms with Crippen molar-refractivity contribution < 1.29 is 4.79 Å². The van der Waals surface area contributed by atoms with Crippen molar-refractivity contribution in [1.82, 2.24) is 4.90 Å². The van der Waals surface area contributed by atoms with Gasteiger partial charge in [0.05, 0.1) is 9.90 Å². The molecule has 0 spiro atoms. The molecule has 0 radical (unpaired) electrons. The average Bonchev–Trinajstić information content (AvgIpc) is 2.73. The first-order chi connectivity index (χ1) is 6.66. The molecule has 1 aliphatic heterocycles. The van der Waals surface area contributed by atoms with Gasteiger partial charge in [-0.1, -0.05) is 11.6 Å². The molecule has 1 fully saturated rings. The van der Waals surface area contributed by atoms with Crippen LogP contribution < -0.4 is 5.73 Å². The van der Waals surface area contributed by atoms with Crippen LogP contribution in [0.1, 0.15) is 16.8 Å². The van der Waals surface area contributed by atoms with Crippen LogP contribution in [-0.2, 0) is 0 Å². The molecular formula is C9H11ClN2OS. The second kappa shape index (κ2) is 3.88. The molecule has 1 aliphatic rings. The minimum atomic E-state index is 0.0427. The predicted octanol–water partition coefficient (Wildman–Crippen LogP) is 1.57. The van der Waals surface area contributed by atoms with E-state index in [4.69, 9.17) is 17.3 Å². The topological polar surface area (TPSA) is 46.3 Å². The van der Waals surface area contributed by atoms with Crippen LogP contribution in [0.2, 0.25) is 4.34 Å². The van der Waals surface area contributed by atoms with Crippen LogP contribution in [0, 0.1) is 0 Å². The zero-order valence-corrected chi connectivity index (χ0v) is 9.14.